The molecule has 12 heavy (non-hydrogen) atoms. The van der Waals surface area contributed by atoms with Crippen molar-refractivity contribution in [3.63, 3.8) is 0 Å². The van der Waals surface area contributed by atoms with Gasteiger partial charge in [0.25, 0.3) is 0 Å². The van der Waals surface area contributed by atoms with Crippen molar-refractivity contribution < 1.29 is 9.00 Å². The first-order valence-electron chi connectivity index (χ1n) is 3.59. The summed E-state index contributed by atoms with van der Waals surface area (Å²) < 4.78 is 11.1. The van der Waals surface area contributed by atoms with Gasteiger partial charge in [0.15, 0.2) is 0 Å². The van der Waals surface area contributed by atoms with Crippen LogP contribution in [0, 0.1) is 0 Å². The maximum Gasteiger partial charge on any atom is 0.230 e. The summed E-state index contributed by atoms with van der Waals surface area (Å²) in [6.07, 6.45) is 4.25. The van der Waals surface area contributed by atoms with Gasteiger partial charge in [-0.3, -0.25) is 4.79 Å². The van der Waals surface area contributed by atoms with Crippen LogP contribution in [0.25, 0.3) is 0 Å². The second-order valence-corrected chi connectivity index (χ2v) is 7.34. The van der Waals surface area contributed by atoms with Gasteiger partial charge in [-0.25, -0.2) is 4.21 Å². The van der Waals surface area contributed by atoms with Crippen LogP contribution in [0.3, 0.4) is 0 Å². The van der Waals surface area contributed by atoms with Crippen molar-refractivity contribution in [3.05, 3.63) is 12.3 Å². The summed E-state index contributed by atoms with van der Waals surface area (Å²) in [5.41, 5.74) is 0. The largest absolute Gasteiger partial charge is 0.306 e. The fraction of sp³-hybridized carbons (Fsp3) is 0.429. The van der Waals surface area contributed by atoms with Gasteiger partial charge in [-0.1, -0.05) is 15.5 Å². The van der Waals surface area contributed by atoms with Crippen molar-refractivity contribution in [3.8, 4) is 0 Å². The number of hydrogen-bond donors (Lipinski definition) is 0. The summed E-state index contributed by atoms with van der Waals surface area (Å²) in [6.45, 7) is 0. The zero-order chi connectivity index (χ0) is 8.72. The molecule has 3 nitrogen and oxygen atoms in total. The third kappa shape index (κ3) is 1.04. The lowest BCUT2D eigenvalue weighted by molar-refractivity contribution is -0.137. The molecule has 0 bridgehead atoms. The molecule has 0 aromatic heterocycles. The van der Waals surface area contributed by atoms with E-state index in [1.165, 1.54) is 0 Å². The predicted octanol–water partition coefficient (Wildman–Crippen LogP) is -0.214. The number of hydrogen-bond acceptors (Lipinski definition) is 2. The van der Waals surface area contributed by atoms with Crippen molar-refractivity contribution in [1.29, 1.82) is 0 Å². The maximum atomic E-state index is 11.1. The van der Waals surface area contributed by atoms with E-state index in [0.29, 0.717) is 6.42 Å². The molecular formula is C7H9NO2S2. The highest BCUT2D eigenvalue weighted by Crippen LogP contribution is 2.26. The predicted molar refractivity (Wildman–Crippen MR) is 51.9 cm³/mol. The Kier molecular flexibility index (Phi) is 1.84. The first kappa shape index (κ1) is 8.07. The number of carbonyl (C=O) groups is 1. The Morgan fingerprint density at radius 3 is 3.08 bits per heavy atom. The molecule has 0 aromatic carbocycles. The molecule has 2 atom stereocenters. The van der Waals surface area contributed by atoms with Crippen molar-refractivity contribution in [2.24, 2.45) is 0 Å². The molecule has 2 aliphatic heterocycles. The normalized spacial score (nSPS) is 32.7. The Labute approximate surface area is 74.3 Å². The molecule has 1 saturated heterocycles. The third-order valence-corrected chi connectivity index (χ3v) is 6.52. The van der Waals surface area contributed by atoms with Crippen LogP contribution in [0.2, 0.25) is 0 Å². The Morgan fingerprint density at radius 1 is 1.75 bits per heavy atom. The summed E-state index contributed by atoms with van der Waals surface area (Å²) in [5, 5.41) is 0.181. The lowest BCUT2D eigenvalue weighted by Gasteiger charge is -2.40. The topological polar surface area (TPSA) is 37.4 Å². The van der Waals surface area contributed by atoms with Crippen LogP contribution >= 0.6 is 0 Å². The summed E-state index contributed by atoms with van der Waals surface area (Å²) in [6, 6.07) is 0. The van der Waals surface area contributed by atoms with E-state index >= 15 is 0 Å². The van der Waals surface area contributed by atoms with Crippen LogP contribution in [0.4, 0.5) is 0 Å². The highest BCUT2D eigenvalue weighted by atomic mass is 32.8. The van der Waals surface area contributed by atoms with E-state index < -0.39 is 8.95 Å². The molecular weight excluding hydrogens is 194 g/mol. The average Bonchev–Trinajstić information content (AvgIpc) is 2.02. The van der Waals surface area contributed by atoms with Crippen LogP contribution in [0.15, 0.2) is 12.3 Å². The number of rotatable bonds is 0. The smallest absolute Gasteiger partial charge is 0.230 e. The van der Waals surface area contributed by atoms with E-state index in [4.69, 9.17) is 0 Å². The van der Waals surface area contributed by atoms with Crippen LogP contribution in [-0.2, 0) is 23.2 Å². The molecule has 2 heterocycles. The van der Waals surface area contributed by atoms with Gasteiger partial charge in [-0.2, -0.15) is 0 Å². The monoisotopic (exact) mass is 203 g/mol. The second kappa shape index (κ2) is 2.74. The fourth-order valence-electron chi connectivity index (χ4n) is 1.36. The Morgan fingerprint density at radius 2 is 2.50 bits per heavy atom. The minimum atomic E-state index is -1.03. The summed E-state index contributed by atoms with van der Waals surface area (Å²) in [5.74, 6) is 4.47. The van der Waals surface area contributed by atoms with E-state index in [9.17, 15) is 9.00 Å². The molecule has 0 radical (unpaired) electrons. The molecule has 5 heteroatoms. The maximum absolute atomic E-state index is 11.1. The Bertz CT molecular complexity index is 386. The number of nitrogens with zero attached hydrogens (tertiary/aromatic N) is 1. The number of fused-ring (bicyclic) bond motifs is 1. The van der Waals surface area contributed by atoms with Crippen molar-refractivity contribution in [1.82, 2.24) is 4.90 Å². The van der Waals surface area contributed by atoms with Crippen molar-refractivity contribution in [2.45, 2.75) is 11.8 Å². The molecule has 0 saturated carbocycles. The van der Waals surface area contributed by atoms with Crippen LogP contribution in [0.1, 0.15) is 6.42 Å². The molecule has 66 valence electrons. The number of carbonyl (C=O) groups excluding carboxylic acids is 1. The minimum Gasteiger partial charge on any atom is -0.306 e. The SMILES string of the molecule is C=S(=O)=S1CC=CN2C(=O)CC21. The molecule has 2 rings (SSSR count). The van der Waals surface area contributed by atoms with Gasteiger partial charge in [0, 0.05) is 20.9 Å². The number of amides is 1. The van der Waals surface area contributed by atoms with E-state index in [2.05, 4.69) is 5.87 Å². The first-order chi connectivity index (χ1) is 5.70. The molecule has 0 aromatic rings. The molecule has 0 N–H and O–H groups in total. The fourth-order valence-corrected chi connectivity index (χ4v) is 4.95. The molecule has 1 fully saturated rings. The van der Waals surface area contributed by atoms with E-state index in [-0.39, 0.29) is 20.7 Å². The quantitative estimate of drug-likeness (QED) is 0.403. The van der Waals surface area contributed by atoms with Gasteiger partial charge in [0.05, 0.1) is 11.8 Å². The zero-order valence-corrected chi connectivity index (χ0v) is 8.07. The number of β-lactam (4-membered cyclic amide) rings is 1. The summed E-state index contributed by atoms with van der Waals surface area (Å²) >= 11 is 0. The zero-order valence-electron chi connectivity index (χ0n) is 6.43. The van der Waals surface area contributed by atoms with Gasteiger partial charge in [0.1, 0.15) is 0 Å². The van der Waals surface area contributed by atoms with Gasteiger partial charge in [0.2, 0.25) is 5.91 Å². The van der Waals surface area contributed by atoms with E-state index in [1.54, 1.807) is 11.1 Å². The standard InChI is InChI=1S/C7H9NO2S2/c1-11(10)12-4-2-3-8-6(9)5-7(8)12/h2-3,7H,1,4-5H2. The van der Waals surface area contributed by atoms with Crippen LogP contribution < -0.4 is 0 Å². The highest BCUT2D eigenvalue weighted by molar-refractivity contribution is 8.37. The first-order valence-corrected chi connectivity index (χ1v) is 6.89. The Balaban J connectivity index is 2.42. The van der Waals surface area contributed by atoms with Gasteiger partial charge < -0.3 is 4.90 Å². The minimum absolute atomic E-state index is 0.138. The van der Waals surface area contributed by atoms with Crippen molar-refractivity contribution >= 4 is 30.2 Å². The molecule has 0 spiro atoms. The lowest BCUT2D eigenvalue weighted by Crippen LogP contribution is -2.53. The summed E-state index contributed by atoms with van der Waals surface area (Å²) in [7, 11) is -1.26. The van der Waals surface area contributed by atoms with Crippen molar-refractivity contribution in [2.75, 3.05) is 5.75 Å². The molecule has 2 unspecified atom stereocenters. The highest BCUT2D eigenvalue weighted by Gasteiger charge is 2.38. The van der Waals surface area contributed by atoms with Gasteiger partial charge in [-0.15, -0.1) is 0 Å². The third-order valence-electron chi connectivity index (χ3n) is 2.02. The van der Waals surface area contributed by atoms with E-state index in [1.807, 2.05) is 6.08 Å². The summed E-state index contributed by atoms with van der Waals surface area (Å²) in [4.78, 5) is 12.7. The Hall–Kier alpha value is -0.550. The van der Waals surface area contributed by atoms with Gasteiger partial charge >= 0.3 is 0 Å². The van der Waals surface area contributed by atoms with Crippen LogP contribution in [-0.4, -0.2) is 32.0 Å². The molecule has 1 amide bonds. The van der Waals surface area contributed by atoms with Crippen LogP contribution in [0.5, 0.6) is 0 Å². The lowest BCUT2D eigenvalue weighted by atomic mass is 10.2. The molecule has 2 aliphatic rings. The second-order valence-electron chi connectivity index (χ2n) is 2.70. The van der Waals surface area contributed by atoms with E-state index in [0.717, 1.165) is 5.75 Å². The van der Waals surface area contributed by atoms with Gasteiger partial charge in [-0.05, 0) is 5.87 Å². The average molecular weight is 203 g/mol. The molecule has 0 aliphatic carbocycles.